The number of nitrogens with two attached hydrogens (primary N) is 1. The standard InChI is InChI=1S/C14H22N4O2/c1-10(2)17-13(19)6-7-16-14(20)18-12-5-3-4-11(8-12)9-15/h3-5,8,10H,6-7,9,15H2,1-2H3,(H,17,19)(H2,16,18,20). The highest BCUT2D eigenvalue weighted by atomic mass is 16.2. The summed E-state index contributed by atoms with van der Waals surface area (Å²) < 4.78 is 0. The first-order chi connectivity index (χ1) is 9.51. The minimum Gasteiger partial charge on any atom is -0.354 e. The average Bonchev–Trinajstić information content (AvgIpc) is 2.38. The second-order valence-electron chi connectivity index (χ2n) is 4.76. The number of rotatable bonds is 6. The van der Waals surface area contributed by atoms with Crippen LogP contribution in [0.2, 0.25) is 0 Å². The van der Waals surface area contributed by atoms with Crippen molar-refractivity contribution in [1.29, 1.82) is 0 Å². The Labute approximate surface area is 119 Å². The van der Waals surface area contributed by atoms with Crippen molar-refractivity contribution in [2.24, 2.45) is 5.73 Å². The van der Waals surface area contributed by atoms with Crippen LogP contribution < -0.4 is 21.7 Å². The van der Waals surface area contributed by atoms with E-state index in [1.807, 2.05) is 32.0 Å². The molecule has 1 rings (SSSR count). The summed E-state index contributed by atoms with van der Waals surface area (Å²) in [6.07, 6.45) is 0.258. The molecule has 0 bridgehead atoms. The van der Waals surface area contributed by atoms with Crippen LogP contribution in [-0.4, -0.2) is 24.5 Å². The molecule has 0 aliphatic heterocycles. The highest BCUT2D eigenvalue weighted by Gasteiger charge is 2.05. The molecule has 110 valence electrons. The lowest BCUT2D eigenvalue weighted by molar-refractivity contribution is -0.121. The molecule has 20 heavy (non-hydrogen) atoms. The molecule has 0 spiro atoms. The van der Waals surface area contributed by atoms with E-state index in [2.05, 4.69) is 16.0 Å². The van der Waals surface area contributed by atoms with E-state index in [-0.39, 0.29) is 24.4 Å². The van der Waals surface area contributed by atoms with Crippen LogP contribution >= 0.6 is 0 Å². The number of carbonyl (C=O) groups is 2. The molecule has 0 radical (unpaired) electrons. The third kappa shape index (κ3) is 6.19. The van der Waals surface area contributed by atoms with Gasteiger partial charge in [-0.1, -0.05) is 12.1 Å². The van der Waals surface area contributed by atoms with Crippen molar-refractivity contribution in [3.8, 4) is 0 Å². The van der Waals surface area contributed by atoms with E-state index in [4.69, 9.17) is 5.73 Å². The summed E-state index contributed by atoms with van der Waals surface area (Å²) in [5.41, 5.74) is 7.15. The number of anilines is 1. The van der Waals surface area contributed by atoms with Gasteiger partial charge in [-0.05, 0) is 31.5 Å². The van der Waals surface area contributed by atoms with Gasteiger partial charge in [0.15, 0.2) is 0 Å². The van der Waals surface area contributed by atoms with Gasteiger partial charge >= 0.3 is 6.03 Å². The second-order valence-corrected chi connectivity index (χ2v) is 4.76. The Morgan fingerprint density at radius 3 is 2.70 bits per heavy atom. The van der Waals surface area contributed by atoms with Crippen LogP contribution in [0.5, 0.6) is 0 Å². The maximum atomic E-state index is 11.6. The smallest absolute Gasteiger partial charge is 0.319 e. The minimum absolute atomic E-state index is 0.0783. The zero-order chi connectivity index (χ0) is 15.0. The van der Waals surface area contributed by atoms with Crippen LogP contribution in [-0.2, 0) is 11.3 Å². The predicted octanol–water partition coefficient (Wildman–Crippen LogP) is 1.18. The quantitative estimate of drug-likeness (QED) is 0.629. The Bertz CT molecular complexity index is 460. The van der Waals surface area contributed by atoms with E-state index in [9.17, 15) is 9.59 Å². The summed E-state index contributed by atoms with van der Waals surface area (Å²) >= 11 is 0. The molecule has 0 unspecified atom stereocenters. The van der Waals surface area contributed by atoms with Gasteiger partial charge in [0.2, 0.25) is 5.91 Å². The van der Waals surface area contributed by atoms with Gasteiger partial charge in [-0.25, -0.2) is 4.79 Å². The molecule has 1 aromatic rings. The first-order valence-electron chi connectivity index (χ1n) is 6.64. The number of benzene rings is 1. The molecule has 0 heterocycles. The fourth-order valence-electron chi connectivity index (χ4n) is 1.64. The van der Waals surface area contributed by atoms with Gasteiger partial charge in [0, 0.05) is 31.2 Å². The number of urea groups is 1. The van der Waals surface area contributed by atoms with Crippen molar-refractivity contribution in [3.05, 3.63) is 29.8 Å². The van der Waals surface area contributed by atoms with Crippen molar-refractivity contribution in [2.45, 2.75) is 32.9 Å². The van der Waals surface area contributed by atoms with E-state index < -0.39 is 0 Å². The van der Waals surface area contributed by atoms with E-state index in [1.54, 1.807) is 6.07 Å². The number of hydrogen-bond acceptors (Lipinski definition) is 3. The SMILES string of the molecule is CC(C)NC(=O)CCNC(=O)Nc1cccc(CN)c1. The number of hydrogen-bond donors (Lipinski definition) is 4. The lowest BCUT2D eigenvalue weighted by Crippen LogP contribution is -2.35. The lowest BCUT2D eigenvalue weighted by Gasteiger charge is -2.10. The highest BCUT2D eigenvalue weighted by molar-refractivity contribution is 5.89. The molecule has 6 nitrogen and oxygen atoms in total. The average molecular weight is 278 g/mol. The first-order valence-corrected chi connectivity index (χ1v) is 6.64. The van der Waals surface area contributed by atoms with Crippen LogP contribution in [0.1, 0.15) is 25.8 Å². The molecule has 0 atom stereocenters. The van der Waals surface area contributed by atoms with Crippen LogP contribution in [0, 0.1) is 0 Å². The summed E-state index contributed by atoms with van der Waals surface area (Å²) in [7, 11) is 0. The molecule has 0 aliphatic rings. The van der Waals surface area contributed by atoms with E-state index in [0.717, 1.165) is 5.56 Å². The summed E-state index contributed by atoms with van der Waals surface area (Å²) in [4.78, 5) is 23.0. The molecular formula is C14H22N4O2. The Morgan fingerprint density at radius 1 is 1.30 bits per heavy atom. The minimum atomic E-state index is -0.337. The molecule has 3 amide bonds. The van der Waals surface area contributed by atoms with Crippen LogP contribution in [0.25, 0.3) is 0 Å². The Hall–Kier alpha value is -2.08. The molecule has 0 saturated heterocycles. The topological polar surface area (TPSA) is 96.2 Å². The molecule has 0 aromatic heterocycles. The second kappa shape index (κ2) is 8.16. The van der Waals surface area contributed by atoms with Gasteiger partial charge < -0.3 is 21.7 Å². The third-order valence-corrected chi connectivity index (χ3v) is 2.51. The number of nitrogens with one attached hydrogen (secondary N) is 3. The van der Waals surface area contributed by atoms with Crippen molar-refractivity contribution in [2.75, 3.05) is 11.9 Å². The lowest BCUT2D eigenvalue weighted by atomic mass is 10.2. The Kier molecular flexibility index (Phi) is 6.52. The molecule has 0 aliphatic carbocycles. The molecule has 5 N–H and O–H groups in total. The van der Waals surface area contributed by atoms with E-state index >= 15 is 0 Å². The van der Waals surface area contributed by atoms with Crippen molar-refractivity contribution >= 4 is 17.6 Å². The maximum absolute atomic E-state index is 11.6. The summed E-state index contributed by atoms with van der Waals surface area (Å²) in [5, 5.41) is 8.08. The van der Waals surface area contributed by atoms with Gasteiger partial charge in [0.05, 0.1) is 0 Å². The fraction of sp³-hybridized carbons (Fsp3) is 0.429. The number of carbonyl (C=O) groups excluding carboxylic acids is 2. The zero-order valence-electron chi connectivity index (χ0n) is 11.9. The van der Waals surface area contributed by atoms with Gasteiger partial charge in [-0.3, -0.25) is 4.79 Å². The van der Waals surface area contributed by atoms with Gasteiger partial charge in [-0.15, -0.1) is 0 Å². The molecule has 0 saturated carbocycles. The summed E-state index contributed by atoms with van der Waals surface area (Å²) in [6, 6.07) is 7.08. The van der Waals surface area contributed by atoms with Gasteiger partial charge in [0.1, 0.15) is 0 Å². The van der Waals surface area contributed by atoms with Crippen molar-refractivity contribution < 1.29 is 9.59 Å². The first kappa shape index (κ1) is 16.0. The van der Waals surface area contributed by atoms with Gasteiger partial charge in [0.25, 0.3) is 0 Å². The van der Waals surface area contributed by atoms with E-state index in [0.29, 0.717) is 18.8 Å². The molecule has 1 aromatic carbocycles. The monoisotopic (exact) mass is 278 g/mol. The van der Waals surface area contributed by atoms with Crippen molar-refractivity contribution in [3.63, 3.8) is 0 Å². The molecule has 0 fully saturated rings. The maximum Gasteiger partial charge on any atom is 0.319 e. The molecule has 6 heteroatoms. The summed E-state index contributed by atoms with van der Waals surface area (Å²) in [6.45, 7) is 4.50. The fourth-order valence-corrected chi connectivity index (χ4v) is 1.64. The Balaban J connectivity index is 2.31. The predicted molar refractivity (Wildman–Crippen MR) is 79.3 cm³/mol. The van der Waals surface area contributed by atoms with Crippen LogP contribution in [0.15, 0.2) is 24.3 Å². The third-order valence-electron chi connectivity index (χ3n) is 2.51. The molecular weight excluding hydrogens is 256 g/mol. The van der Waals surface area contributed by atoms with Gasteiger partial charge in [-0.2, -0.15) is 0 Å². The van der Waals surface area contributed by atoms with Crippen molar-refractivity contribution in [1.82, 2.24) is 10.6 Å². The zero-order valence-corrected chi connectivity index (χ0v) is 11.9. The van der Waals surface area contributed by atoms with Crippen LogP contribution in [0.4, 0.5) is 10.5 Å². The summed E-state index contributed by atoms with van der Waals surface area (Å²) in [5.74, 6) is -0.0783. The largest absolute Gasteiger partial charge is 0.354 e. The highest BCUT2D eigenvalue weighted by Crippen LogP contribution is 2.09. The normalized spacial score (nSPS) is 10.2. The number of amides is 3. The van der Waals surface area contributed by atoms with Crippen LogP contribution in [0.3, 0.4) is 0 Å². The van der Waals surface area contributed by atoms with E-state index in [1.165, 1.54) is 0 Å². The Morgan fingerprint density at radius 2 is 2.05 bits per heavy atom.